The topological polar surface area (TPSA) is 80.9 Å². The number of rotatable bonds is 3. The molecule has 1 aromatic heterocycles. The Labute approximate surface area is 199 Å². The van der Waals surface area contributed by atoms with Gasteiger partial charge in [0.15, 0.2) is 0 Å². The number of morpholine rings is 1. The van der Waals surface area contributed by atoms with Gasteiger partial charge in [-0.3, -0.25) is 9.69 Å². The molecule has 5 rings (SSSR count). The van der Waals surface area contributed by atoms with Crippen LogP contribution in [0.5, 0.6) is 0 Å². The zero-order chi connectivity index (χ0) is 23.7. The summed E-state index contributed by atoms with van der Waals surface area (Å²) in [7, 11) is 0. The SMILES string of the molecule is Cc1ccc(F)c2cc(C(=O)N[C@@H]3CCC[C@@H](N4CCN(C(=O)N5CCOCC5)CC4)C3)[nH]c12. The number of carbonyl (C=O) groups excluding carboxylic acids is 2. The number of fused-ring (bicyclic) bond motifs is 1. The molecule has 2 aromatic rings. The van der Waals surface area contributed by atoms with Gasteiger partial charge >= 0.3 is 6.03 Å². The largest absolute Gasteiger partial charge is 0.378 e. The number of hydrogen-bond donors (Lipinski definition) is 2. The van der Waals surface area contributed by atoms with Crippen molar-refractivity contribution in [3.8, 4) is 0 Å². The molecule has 0 radical (unpaired) electrons. The minimum Gasteiger partial charge on any atom is -0.378 e. The number of amides is 3. The van der Waals surface area contributed by atoms with Crippen LogP contribution in [0.25, 0.3) is 10.9 Å². The lowest BCUT2D eigenvalue weighted by molar-refractivity contribution is 0.0317. The third-order valence-electron chi connectivity index (χ3n) is 7.56. The van der Waals surface area contributed by atoms with Crippen molar-refractivity contribution in [1.82, 2.24) is 25.0 Å². The second-order valence-electron chi connectivity index (χ2n) is 9.73. The quantitative estimate of drug-likeness (QED) is 0.722. The maximum atomic E-state index is 14.2. The van der Waals surface area contributed by atoms with E-state index >= 15 is 0 Å². The number of nitrogens with zero attached hydrogens (tertiary/aromatic N) is 3. The first-order valence-corrected chi connectivity index (χ1v) is 12.4. The van der Waals surface area contributed by atoms with E-state index < -0.39 is 0 Å². The highest BCUT2D eigenvalue weighted by molar-refractivity contribution is 5.99. The van der Waals surface area contributed by atoms with Gasteiger partial charge in [-0.25, -0.2) is 9.18 Å². The van der Waals surface area contributed by atoms with Crippen molar-refractivity contribution in [1.29, 1.82) is 0 Å². The fraction of sp³-hybridized carbons (Fsp3) is 0.600. The molecular formula is C25H34FN5O3. The predicted molar refractivity (Wildman–Crippen MR) is 127 cm³/mol. The Hall–Kier alpha value is -2.65. The predicted octanol–water partition coefficient (Wildman–Crippen LogP) is 2.73. The van der Waals surface area contributed by atoms with E-state index in [1.165, 1.54) is 6.07 Å². The van der Waals surface area contributed by atoms with Crippen molar-refractivity contribution in [2.45, 2.75) is 44.7 Å². The van der Waals surface area contributed by atoms with Gasteiger partial charge in [-0.1, -0.05) is 6.07 Å². The maximum absolute atomic E-state index is 14.2. The van der Waals surface area contributed by atoms with Crippen LogP contribution in [-0.2, 0) is 4.74 Å². The Bertz CT molecular complexity index is 1000. The second kappa shape index (κ2) is 9.92. The van der Waals surface area contributed by atoms with Crippen LogP contribution in [0.1, 0.15) is 41.7 Å². The lowest BCUT2D eigenvalue weighted by Gasteiger charge is -2.43. The van der Waals surface area contributed by atoms with Gasteiger partial charge in [-0.05, 0) is 50.3 Å². The van der Waals surface area contributed by atoms with Gasteiger partial charge in [0.2, 0.25) is 0 Å². The van der Waals surface area contributed by atoms with Crippen LogP contribution in [-0.4, -0.2) is 96.2 Å². The summed E-state index contributed by atoms with van der Waals surface area (Å²) in [6, 6.07) is 5.39. The van der Waals surface area contributed by atoms with Gasteiger partial charge in [0.25, 0.3) is 5.91 Å². The lowest BCUT2D eigenvalue weighted by Crippen LogP contribution is -2.57. The number of benzene rings is 1. The molecule has 0 spiro atoms. The summed E-state index contributed by atoms with van der Waals surface area (Å²) in [6.07, 6.45) is 4.02. The summed E-state index contributed by atoms with van der Waals surface area (Å²) in [5, 5.41) is 3.63. The van der Waals surface area contributed by atoms with Gasteiger partial charge in [0.05, 0.1) is 18.7 Å². The number of carbonyl (C=O) groups is 2. The van der Waals surface area contributed by atoms with E-state index in [0.717, 1.165) is 57.4 Å². The van der Waals surface area contributed by atoms with Crippen LogP contribution in [0.4, 0.5) is 9.18 Å². The molecule has 3 heterocycles. The number of hydrogen-bond acceptors (Lipinski definition) is 4. The van der Waals surface area contributed by atoms with Gasteiger partial charge in [0, 0.05) is 56.7 Å². The highest BCUT2D eigenvalue weighted by Gasteiger charge is 2.32. The van der Waals surface area contributed by atoms with E-state index in [4.69, 9.17) is 4.74 Å². The number of aryl methyl sites for hydroxylation is 1. The normalized spacial score (nSPS) is 24.4. The molecule has 34 heavy (non-hydrogen) atoms. The van der Waals surface area contributed by atoms with Crippen LogP contribution in [0, 0.1) is 12.7 Å². The monoisotopic (exact) mass is 471 g/mol. The minimum atomic E-state index is -0.320. The molecule has 1 aromatic carbocycles. The van der Waals surface area contributed by atoms with Gasteiger partial charge < -0.3 is 24.8 Å². The molecule has 3 amide bonds. The number of piperazine rings is 1. The summed E-state index contributed by atoms with van der Waals surface area (Å²) in [5.41, 5.74) is 2.00. The molecular weight excluding hydrogens is 437 g/mol. The molecule has 0 bridgehead atoms. The third-order valence-corrected chi connectivity index (χ3v) is 7.56. The molecule has 2 atom stereocenters. The summed E-state index contributed by atoms with van der Waals surface area (Å²) in [5.74, 6) is -0.499. The first-order chi connectivity index (χ1) is 16.5. The molecule has 8 nitrogen and oxygen atoms in total. The molecule has 0 unspecified atom stereocenters. The molecule has 1 saturated carbocycles. The summed E-state index contributed by atoms with van der Waals surface area (Å²) >= 11 is 0. The number of aromatic amines is 1. The van der Waals surface area contributed by atoms with Crippen molar-refractivity contribution in [2.24, 2.45) is 0 Å². The third kappa shape index (κ3) is 4.77. The molecule has 3 aliphatic rings. The van der Waals surface area contributed by atoms with E-state index in [9.17, 15) is 14.0 Å². The number of halogens is 1. The van der Waals surface area contributed by atoms with Crippen LogP contribution in [0.3, 0.4) is 0 Å². The molecule has 1 aliphatic carbocycles. The molecule has 2 saturated heterocycles. The Morgan fingerprint density at radius 3 is 2.53 bits per heavy atom. The summed E-state index contributed by atoms with van der Waals surface area (Å²) in [6.45, 7) is 7.69. The van der Waals surface area contributed by atoms with Crippen molar-refractivity contribution in [3.63, 3.8) is 0 Å². The number of H-pyrrole nitrogens is 1. The van der Waals surface area contributed by atoms with Crippen LogP contribution < -0.4 is 5.32 Å². The highest BCUT2D eigenvalue weighted by Crippen LogP contribution is 2.26. The van der Waals surface area contributed by atoms with E-state index in [0.29, 0.717) is 48.9 Å². The number of aromatic nitrogens is 1. The van der Waals surface area contributed by atoms with Gasteiger partial charge in [-0.2, -0.15) is 0 Å². The number of urea groups is 1. The van der Waals surface area contributed by atoms with Crippen molar-refractivity contribution in [3.05, 3.63) is 35.3 Å². The molecule has 184 valence electrons. The minimum absolute atomic E-state index is 0.0941. The van der Waals surface area contributed by atoms with Crippen LogP contribution >= 0.6 is 0 Å². The molecule has 9 heteroatoms. The maximum Gasteiger partial charge on any atom is 0.320 e. The molecule has 3 fully saturated rings. The Kier molecular flexibility index (Phi) is 6.74. The fourth-order valence-corrected chi connectivity index (χ4v) is 5.57. The Morgan fingerprint density at radius 1 is 1.06 bits per heavy atom. The van der Waals surface area contributed by atoms with Crippen LogP contribution in [0.15, 0.2) is 18.2 Å². The van der Waals surface area contributed by atoms with Crippen molar-refractivity contribution in [2.75, 3.05) is 52.5 Å². The Morgan fingerprint density at radius 2 is 1.79 bits per heavy atom. The van der Waals surface area contributed by atoms with E-state index in [-0.39, 0.29) is 23.8 Å². The van der Waals surface area contributed by atoms with Gasteiger partial charge in [0.1, 0.15) is 11.5 Å². The van der Waals surface area contributed by atoms with Crippen LogP contribution in [0.2, 0.25) is 0 Å². The first-order valence-electron chi connectivity index (χ1n) is 12.4. The second-order valence-corrected chi connectivity index (χ2v) is 9.73. The zero-order valence-electron chi connectivity index (χ0n) is 19.8. The molecule has 2 N–H and O–H groups in total. The highest BCUT2D eigenvalue weighted by atomic mass is 19.1. The standard InChI is InChI=1S/C25H34FN5O3/c1-17-5-6-21(26)20-16-22(28-23(17)20)24(32)27-18-3-2-4-19(15-18)29-7-9-30(10-8-29)25(33)31-11-13-34-14-12-31/h5-6,16,18-19,28H,2-4,7-15H2,1H3,(H,27,32)/t18-,19-/m1/s1. The molecule has 2 aliphatic heterocycles. The number of ether oxygens (including phenoxy) is 1. The summed E-state index contributed by atoms with van der Waals surface area (Å²) < 4.78 is 19.5. The van der Waals surface area contributed by atoms with Crippen molar-refractivity contribution < 1.29 is 18.7 Å². The average Bonchev–Trinajstić information content (AvgIpc) is 3.34. The lowest BCUT2D eigenvalue weighted by atomic mass is 9.89. The zero-order valence-corrected chi connectivity index (χ0v) is 19.8. The first kappa shape index (κ1) is 23.1. The fourth-order valence-electron chi connectivity index (χ4n) is 5.57. The summed E-state index contributed by atoms with van der Waals surface area (Å²) in [4.78, 5) is 35.1. The smallest absolute Gasteiger partial charge is 0.320 e. The number of nitrogens with one attached hydrogen (secondary N) is 2. The van der Waals surface area contributed by atoms with E-state index in [2.05, 4.69) is 15.2 Å². The average molecular weight is 472 g/mol. The van der Waals surface area contributed by atoms with E-state index in [1.807, 2.05) is 16.7 Å². The Balaban J connectivity index is 1.15. The van der Waals surface area contributed by atoms with Gasteiger partial charge in [-0.15, -0.1) is 0 Å². The van der Waals surface area contributed by atoms with E-state index in [1.54, 1.807) is 12.1 Å². The van der Waals surface area contributed by atoms with Crippen molar-refractivity contribution >= 4 is 22.8 Å².